The van der Waals surface area contributed by atoms with Gasteiger partial charge in [-0.2, -0.15) is 0 Å². The standard InChI is InChI=1S/C8H13N3.C4H10/c1-4-6(2)8-10-5-9-7(3)11-8;1-3-4-2/h5-6H,4H2,1-3H3;3-4H2,1-2H3. The van der Waals surface area contributed by atoms with Crippen LogP contribution >= 0.6 is 0 Å². The minimum absolute atomic E-state index is 0.441. The highest BCUT2D eigenvalue weighted by Gasteiger charge is 2.05. The van der Waals surface area contributed by atoms with Crippen molar-refractivity contribution < 1.29 is 0 Å². The molecule has 0 saturated carbocycles. The van der Waals surface area contributed by atoms with E-state index in [4.69, 9.17) is 0 Å². The second kappa shape index (κ2) is 8.33. The number of aromatic nitrogens is 3. The van der Waals surface area contributed by atoms with Crippen molar-refractivity contribution in [2.24, 2.45) is 0 Å². The van der Waals surface area contributed by atoms with Crippen molar-refractivity contribution in [2.45, 2.75) is 59.8 Å². The molecule has 0 aliphatic carbocycles. The molecule has 0 aliphatic rings. The lowest BCUT2D eigenvalue weighted by Crippen LogP contribution is -2.01. The number of unbranched alkanes of at least 4 members (excludes halogenated alkanes) is 1. The summed E-state index contributed by atoms with van der Waals surface area (Å²) in [5.74, 6) is 2.15. The van der Waals surface area contributed by atoms with Gasteiger partial charge in [0.15, 0.2) is 0 Å². The lowest BCUT2D eigenvalue weighted by molar-refractivity contribution is 0.665. The van der Waals surface area contributed by atoms with Gasteiger partial charge in [0.2, 0.25) is 0 Å². The SMILES string of the molecule is CCC(C)c1ncnc(C)n1.CCCC. The van der Waals surface area contributed by atoms with E-state index in [0.717, 1.165) is 18.1 Å². The zero-order chi connectivity index (χ0) is 11.7. The van der Waals surface area contributed by atoms with Crippen LogP contribution in [0.3, 0.4) is 0 Å². The van der Waals surface area contributed by atoms with Crippen molar-refractivity contribution in [1.29, 1.82) is 0 Å². The summed E-state index contributed by atoms with van der Waals surface area (Å²) >= 11 is 0. The van der Waals surface area contributed by atoms with Gasteiger partial charge in [0.25, 0.3) is 0 Å². The Balaban J connectivity index is 0.000000423. The monoisotopic (exact) mass is 209 g/mol. The smallest absolute Gasteiger partial charge is 0.135 e. The normalized spacial score (nSPS) is 11.5. The zero-order valence-electron chi connectivity index (χ0n) is 10.6. The maximum atomic E-state index is 4.22. The molecule has 1 aromatic rings. The zero-order valence-corrected chi connectivity index (χ0v) is 10.6. The van der Waals surface area contributed by atoms with Gasteiger partial charge in [0.1, 0.15) is 18.0 Å². The van der Waals surface area contributed by atoms with Crippen LogP contribution in [-0.4, -0.2) is 15.0 Å². The molecule has 1 rings (SSSR count). The molecule has 0 N–H and O–H groups in total. The Morgan fingerprint density at radius 3 is 2.13 bits per heavy atom. The van der Waals surface area contributed by atoms with Gasteiger partial charge in [-0.3, -0.25) is 0 Å². The van der Waals surface area contributed by atoms with Crippen LogP contribution in [0.1, 0.15) is 64.5 Å². The molecule has 3 nitrogen and oxygen atoms in total. The van der Waals surface area contributed by atoms with Crippen LogP contribution in [0.4, 0.5) is 0 Å². The molecule has 0 aromatic carbocycles. The molecule has 3 heteroatoms. The number of nitrogens with zero attached hydrogens (tertiary/aromatic N) is 3. The Morgan fingerprint density at radius 2 is 1.73 bits per heavy atom. The van der Waals surface area contributed by atoms with Crippen molar-refractivity contribution in [3.8, 4) is 0 Å². The van der Waals surface area contributed by atoms with Crippen molar-refractivity contribution >= 4 is 0 Å². The third-order valence-corrected chi connectivity index (χ3v) is 2.26. The van der Waals surface area contributed by atoms with E-state index < -0.39 is 0 Å². The van der Waals surface area contributed by atoms with Crippen LogP contribution in [0.25, 0.3) is 0 Å². The molecule has 0 fully saturated rings. The number of aryl methyl sites for hydroxylation is 1. The topological polar surface area (TPSA) is 38.7 Å². The van der Waals surface area contributed by atoms with Gasteiger partial charge >= 0.3 is 0 Å². The fourth-order valence-electron chi connectivity index (χ4n) is 0.815. The Kier molecular flexibility index (Phi) is 7.78. The Morgan fingerprint density at radius 1 is 1.13 bits per heavy atom. The summed E-state index contributed by atoms with van der Waals surface area (Å²) in [5.41, 5.74) is 0. The first-order valence-corrected chi connectivity index (χ1v) is 5.81. The van der Waals surface area contributed by atoms with Gasteiger partial charge in [-0.15, -0.1) is 0 Å². The van der Waals surface area contributed by atoms with Crippen molar-refractivity contribution in [2.75, 3.05) is 0 Å². The van der Waals surface area contributed by atoms with Crippen LogP contribution < -0.4 is 0 Å². The molecule has 1 aromatic heterocycles. The van der Waals surface area contributed by atoms with Crippen LogP contribution in [0.15, 0.2) is 6.33 Å². The fourth-order valence-corrected chi connectivity index (χ4v) is 0.815. The van der Waals surface area contributed by atoms with E-state index in [1.54, 1.807) is 6.33 Å². The molecule has 1 heterocycles. The van der Waals surface area contributed by atoms with Gasteiger partial charge < -0.3 is 0 Å². The van der Waals surface area contributed by atoms with Crippen LogP contribution in [0, 0.1) is 6.92 Å². The molecule has 15 heavy (non-hydrogen) atoms. The highest BCUT2D eigenvalue weighted by atomic mass is 15.0. The lowest BCUT2D eigenvalue weighted by atomic mass is 10.1. The molecule has 0 bridgehead atoms. The lowest BCUT2D eigenvalue weighted by Gasteiger charge is -2.05. The van der Waals surface area contributed by atoms with Crippen LogP contribution in [-0.2, 0) is 0 Å². The van der Waals surface area contributed by atoms with E-state index in [2.05, 4.69) is 42.6 Å². The minimum atomic E-state index is 0.441. The van der Waals surface area contributed by atoms with Crippen molar-refractivity contribution in [3.05, 3.63) is 18.0 Å². The molecular weight excluding hydrogens is 186 g/mol. The van der Waals surface area contributed by atoms with Gasteiger partial charge in [-0.1, -0.05) is 40.5 Å². The number of hydrogen-bond donors (Lipinski definition) is 0. The first-order valence-electron chi connectivity index (χ1n) is 5.81. The molecule has 0 aliphatic heterocycles. The van der Waals surface area contributed by atoms with Crippen LogP contribution in [0.2, 0.25) is 0 Å². The maximum Gasteiger partial charge on any atom is 0.135 e. The quantitative estimate of drug-likeness (QED) is 0.764. The summed E-state index contributed by atoms with van der Waals surface area (Å²) < 4.78 is 0. The Hall–Kier alpha value is -0.990. The average Bonchev–Trinajstić information content (AvgIpc) is 2.28. The van der Waals surface area contributed by atoms with Gasteiger partial charge in [0.05, 0.1) is 0 Å². The Bertz CT molecular complexity index is 259. The van der Waals surface area contributed by atoms with Gasteiger partial charge in [-0.05, 0) is 13.3 Å². The first kappa shape index (κ1) is 14.0. The molecule has 0 amide bonds. The van der Waals surface area contributed by atoms with Gasteiger partial charge in [-0.25, -0.2) is 15.0 Å². The molecule has 1 atom stereocenters. The highest BCUT2D eigenvalue weighted by molar-refractivity contribution is 4.94. The summed E-state index contributed by atoms with van der Waals surface area (Å²) in [6.45, 7) is 10.5. The summed E-state index contributed by atoms with van der Waals surface area (Å²) in [6.07, 6.45) is 5.28. The summed E-state index contributed by atoms with van der Waals surface area (Å²) in [4.78, 5) is 12.2. The van der Waals surface area contributed by atoms with E-state index >= 15 is 0 Å². The van der Waals surface area contributed by atoms with E-state index in [1.165, 1.54) is 12.8 Å². The predicted octanol–water partition coefficient (Wildman–Crippen LogP) is 3.50. The van der Waals surface area contributed by atoms with E-state index in [1.807, 2.05) is 6.92 Å². The number of hydrogen-bond acceptors (Lipinski definition) is 3. The fraction of sp³-hybridized carbons (Fsp3) is 0.750. The summed E-state index contributed by atoms with van der Waals surface area (Å²) in [7, 11) is 0. The second-order valence-corrected chi connectivity index (χ2v) is 3.70. The van der Waals surface area contributed by atoms with E-state index in [9.17, 15) is 0 Å². The van der Waals surface area contributed by atoms with Crippen molar-refractivity contribution in [1.82, 2.24) is 15.0 Å². The summed E-state index contributed by atoms with van der Waals surface area (Å²) in [6, 6.07) is 0. The van der Waals surface area contributed by atoms with E-state index in [0.29, 0.717) is 5.92 Å². The van der Waals surface area contributed by atoms with Gasteiger partial charge in [0, 0.05) is 5.92 Å². The molecule has 0 saturated heterocycles. The molecule has 0 radical (unpaired) electrons. The largest absolute Gasteiger partial charge is 0.222 e. The predicted molar refractivity (Wildman–Crippen MR) is 63.9 cm³/mol. The van der Waals surface area contributed by atoms with Crippen molar-refractivity contribution in [3.63, 3.8) is 0 Å². The molecular formula is C12H23N3. The number of rotatable bonds is 3. The minimum Gasteiger partial charge on any atom is -0.222 e. The second-order valence-electron chi connectivity index (χ2n) is 3.70. The average molecular weight is 209 g/mol. The summed E-state index contributed by atoms with van der Waals surface area (Å²) in [5, 5.41) is 0. The third kappa shape index (κ3) is 6.15. The van der Waals surface area contributed by atoms with Crippen LogP contribution in [0.5, 0.6) is 0 Å². The first-order chi connectivity index (χ1) is 7.15. The molecule has 1 unspecified atom stereocenters. The Labute approximate surface area is 93.4 Å². The highest BCUT2D eigenvalue weighted by Crippen LogP contribution is 2.12. The molecule has 86 valence electrons. The molecule has 0 spiro atoms. The third-order valence-electron chi connectivity index (χ3n) is 2.26. The maximum absolute atomic E-state index is 4.22. The van der Waals surface area contributed by atoms with E-state index in [-0.39, 0.29) is 0 Å².